The lowest BCUT2D eigenvalue weighted by Crippen LogP contribution is -2.18. The van der Waals surface area contributed by atoms with E-state index in [0.29, 0.717) is 18.2 Å². The van der Waals surface area contributed by atoms with E-state index < -0.39 is 11.7 Å². The zero-order valence-corrected chi connectivity index (χ0v) is 12.4. The van der Waals surface area contributed by atoms with Gasteiger partial charge in [-0.3, -0.25) is 0 Å². The van der Waals surface area contributed by atoms with Gasteiger partial charge < -0.3 is 11.1 Å². The molecule has 0 saturated heterocycles. The monoisotopic (exact) mass is 304 g/mol. The van der Waals surface area contributed by atoms with E-state index in [1.807, 2.05) is 0 Å². The fraction of sp³-hybridized carbons (Fsp3) is 0.500. The molecule has 1 aromatic carbocycles. The molecule has 0 unspecified atom stereocenters. The minimum atomic E-state index is -4.45. The van der Waals surface area contributed by atoms with Crippen molar-refractivity contribution in [1.29, 1.82) is 0 Å². The number of hydrogen-bond donors (Lipinski definition) is 2. The number of nitrogens with two attached hydrogens (primary N) is 1. The summed E-state index contributed by atoms with van der Waals surface area (Å²) in [5.74, 6) is 0.608. The molecule has 0 aromatic heterocycles. The number of rotatable bonds is 6. The molecule has 0 aliphatic rings. The largest absolute Gasteiger partial charge is 0.417 e. The highest BCUT2D eigenvalue weighted by atomic mass is 32.1. The van der Waals surface area contributed by atoms with Crippen molar-refractivity contribution in [2.75, 3.05) is 11.9 Å². The van der Waals surface area contributed by atoms with Crippen molar-refractivity contribution >= 4 is 22.9 Å². The van der Waals surface area contributed by atoms with Gasteiger partial charge in [0.05, 0.1) is 5.56 Å². The first-order valence-corrected chi connectivity index (χ1v) is 6.87. The number of benzene rings is 1. The average Bonchev–Trinajstić information content (AvgIpc) is 2.33. The lowest BCUT2D eigenvalue weighted by Gasteiger charge is -2.14. The van der Waals surface area contributed by atoms with E-state index in [-0.39, 0.29) is 10.6 Å². The van der Waals surface area contributed by atoms with Gasteiger partial charge in [0, 0.05) is 17.8 Å². The summed E-state index contributed by atoms with van der Waals surface area (Å²) in [4.78, 5) is -0.247. The van der Waals surface area contributed by atoms with Crippen molar-refractivity contribution in [3.05, 3.63) is 29.3 Å². The number of hydrogen-bond acceptors (Lipinski definition) is 2. The van der Waals surface area contributed by atoms with Crippen molar-refractivity contribution in [2.24, 2.45) is 11.7 Å². The van der Waals surface area contributed by atoms with Crippen molar-refractivity contribution in [1.82, 2.24) is 0 Å². The highest BCUT2D eigenvalue weighted by molar-refractivity contribution is 7.80. The smallest absolute Gasteiger partial charge is 0.389 e. The van der Waals surface area contributed by atoms with Crippen molar-refractivity contribution < 1.29 is 13.2 Å². The Bertz CT molecular complexity index is 470. The molecule has 0 spiro atoms. The standard InChI is InChI=1S/C14H19F3N2S/c1-9(2)4-3-7-19-10-5-6-12(14(15,16)17)11(8-10)13(18)20/h5-6,8-9,19H,3-4,7H2,1-2H3,(H2,18,20). The van der Waals surface area contributed by atoms with E-state index in [1.54, 1.807) is 0 Å². The third-order valence-electron chi connectivity index (χ3n) is 2.88. The minimum Gasteiger partial charge on any atom is -0.389 e. The summed E-state index contributed by atoms with van der Waals surface area (Å²) in [7, 11) is 0. The normalized spacial score (nSPS) is 11.7. The zero-order valence-electron chi connectivity index (χ0n) is 11.6. The maximum absolute atomic E-state index is 12.8. The summed E-state index contributed by atoms with van der Waals surface area (Å²) in [6.45, 7) is 4.96. The summed E-state index contributed by atoms with van der Waals surface area (Å²) in [6, 6.07) is 3.78. The molecule has 1 rings (SSSR count). The van der Waals surface area contributed by atoms with Crippen LogP contribution in [0.4, 0.5) is 18.9 Å². The Labute approximate surface area is 122 Å². The lowest BCUT2D eigenvalue weighted by molar-refractivity contribution is -0.137. The molecule has 0 bridgehead atoms. The average molecular weight is 304 g/mol. The van der Waals surface area contributed by atoms with Gasteiger partial charge in [-0.15, -0.1) is 0 Å². The van der Waals surface area contributed by atoms with Crippen LogP contribution >= 0.6 is 12.2 Å². The van der Waals surface area contributed by atoms with Crippen LogP contribution in [0.1, 0.15) is 37.8 Å². The highest BCUT2D eigenvalue weighted by Gasteiger charge is 2.33. The Balaban J connectivity index is 2.81. The van der Waals surface area contributed by atoms with Gasteiger partial charge in [0.1, 0.15) is 4.99 Å². The minimum absolute atomic E-state index is 0.138. The fourth-order valence-electron chi connectivity index (χ4n) is 1.85. The number of nitrogens with one attached hydrogen (secondary N) is 1. The first-order chi connectivity index (χ1) is 9.21. The molecule has 0 amide bonds. The first kappa shape index (κ1) is 16.8. The Morgan fingerprint density at radius 3 is 2.50 bits per heavy atom. The molecule has 0 radical (unpaired) electrons. The molecule has 20 heavy (non-hydrogen) atoms. The van der Waals surface area contributed by atoms with E-state index >= 15 is 0 Å². The molecule has 2 nitrogen and oxygen atoms in total. The summed E-state index contributed by atoms with van der Waals surface area (Å²) < 4.78 is 38.4. The molecule has 1 aromatic rings. The van der Waals surface area contributed by atoms with Crippen LogP contribution in [0.15, 0.2) is 18.2 Å². The van der Waals surface area contributed by atoms with E-state index in [0.717, 1.165) is 18.9 Å². The van der Waals surface area contributed by atoms with Gasteiger partial charge in [-0.05, 0) is 37.0 Å². The van der Waals surface area contributed by atoms with Crippen LogP contribution in [-0.2, 0) is 6.18 Å². The van der Waals surface area contributed by atoms with Crippen LogP contribution in [-0.4, -0.2) is 11.5 Å². The van der Waals surface area contributed by atoms with Crippen molar-refractivity contribution in [2.45, 2.75) is 32.9 Å². The van der Waals surface area contributed by atoms with E-state index in [4.69, 9.17) is 18.0 Å². The molecular formula is C14H19F3N2S. The summed E-state index contributed by atoms with van der Waals surface area (Å²) in [6.07, 6.45) is -2.42. The molecule has 6 heteroatoms. The first-order valence-electron chi connectivity index (χ1n) is 6.46. The van der Waals surface area contributed by atoms with Crippen LogP contribution in [0.2, 0.25) is 0 Å². The highest BCUT2D eigenvalue weighted by Crippen LogP contribution is 2.33. The van der Waals surface area contributed by atoms with Crippen molar-refractivity contribution in [3.63, 3.8) is 0 Å². The quantitative estimate of drug-likeness (QED) is 0.611. The van der Waals surface area contributed by atoms with Crippen molar-refractivity contribution in [3.8, 4) is 0 Å². The fourth-order valence-corrected chi connectivity index (χ4v) is 2.02. The Hall–Kier alpha value is -1.30. The maximum atomic E-state index is 12.8. The number of anilines is 1. The second kappa shape index (κ2) is 6.92. The van der Waals surface area contributed by atoms with Crippen LogP contribution < -0.4 is 11.1 Å². The predicted octanol–water partition coefficient (Wildman–Crippen LogP) is 4.19. The topological polar surface area (TPSA) is 38.0 Å². The van der Waals surface area contributed by atoms with Gasteiger partial charge in [0.2, 0.25) is 0 Å². The molecular weight excluding hydrogens is 285 g/mol. The number of thiocarbonyl (C=S) groups is 1. The van der Waals surface area contributed by atoms with E-state index in [9.17, 15) is 13.2 Å². The maximum Gasteiger partial charge on any atom is 0.417 e. The molecule has 0 atom stereocenters. The molecule has 0 fully saturated rings. The third kappa shape index (κ3) is 5.00. The second-order valence-corrected chi connectivity index (χ2v) is 5.53. The second-order valence-electron chi connectivity index (χ2n) is 5.09. The van der Waals surface area contributed by atoms with Gasteiger partial charge in [-0.2, -0.15) is 13.2 Å². The van der Waals surface area contributed by atoms with Crippen LogP contribution in [0.25, 0.3) is 0 Å². The Morgan fingerprint density at radius 2 is 2.00 bits per heavy atom. The SMILES string of the molecule is CC(C)CCCNc1ccc(C(F)(F)F)c(C(N)=S)c1. The molecule has 0 aliphatic heterocycles. The van der Waals surface area contributed by atoms with Gasteiger partial charge in [-0.1, -0.05) is 26.1 Å². The van der Waals surface area contributed by atoms with E-state index in [2.05, 4.69) is 19.2 Å². The molecule has 0 saturated carbocycles. The zero-order chi connectivity index (χ0) is 15.3. The van der Waals surface area contributed by atoms with Gasteiger partial charge in [0.15, 0.2) is 0 Å². The number of halogens is 3. The summed E-state index contributed by atoms with van der Waals surface area (Å²) in [5, 5.41) is 3.09. The van der Waals surface area contributed by atoms with Crippen LogP contribution in [0.3, 0.4) is 0 Å². The van der Waals surface area contributed by atoms with Gasteiger partial charge >= 0.3 is 6.18 Å². The van der Waals surface area contributed by atoms with Gasteiger partial charge in [-0.25, -0.2) is 0 Å². The molecule has 0 heterocycles. The van der Waals surface area contributed by atoms with Crippen LogP contribution in [0.5, 0.6) is 0 Å². The summed E-state index contributed by atoms with van der Waals surface area (Å²) >= 11 is 4.70. The number of alkyl halides is 3. The van der Waals surface area contributed by atoms with Crippen LogP contribution in [0, 0.1) is 5.92 Å². The lowest BCUT2D eigenvalue weighted by atomic mass is 10.1. The molecule has 0 aliphatic carbocycles. The van der Waals surface area contributed by atoms with E-state index in [1.165, 1.54) is 12.1 Å². The molecule has 3 N–H and O–H groups in total. The Morgan fingerprint density at radius 1 is 1.35 bits per heavy atom. The Kier molecular flexibility index (Phi) is 5.80. The summed E-state index contributed by atoms with van der Waals surface area (Å²) in [5.41, 5.74) is 5.05. The van der Waals surface area contributed by atoms with Gasteiger partial charge in [0.25, 0.3) is 0 Å². The third-order valence-corrected chi connectivity index (χ3v) is 3.10. The predicted molar refractivity (Wildman–Crippen MR) is 79.9 cm³/mol. The molecule has 112 valence electrons.